The van der Waals surface area contributed by atoms with Crippen molar-refractivity contribution in [2.45, 2.75) is 57.1 Å². The maximum absolute atomic E-state index is 13.3. The zero-order valence-corrected chi connectivity index (χ0v) is 15.3. The van der Waals surface area contributed by atoms with Crippen molar-refractivity contribution in [1.29, 1.82) is 1.43 Å². The minimum Gasteiger partial charge on any atom is -0.384 e. The summed E-state index contributed by atoms with van der Waals surface area (Å²) >= 11 is 0. The third-order valence-corrected chi connectivity index (χ3v) is 5.04. The second kappa shape index (κ2) is 7.68. The third-order valence-electron chi connectivity index (χ3n) is 5.04. The van der Waals surface area contributed by atoms with Gasteiger partial charge in [0.25, 0.3) is 0 Å². The van der Waals surface area contributed by atoms with E-state index in [0.29, 0.717) is 5.31 Å². The molecule has 29 heavy (non-hydrogen) atoms. The van der Waals surface area contributed by atoms with Crippen molar-refractivity contribution in [1.82, 2.24) is 15.0 Å². The number of methoxy groups -OCH3 is 1. The molecule has 0 bridgehead atoms. The number of hydrogen-bond donors (Lipinski definition) is 2. The summed E-state index contributed by atoms with van der Waals surface area (Å²) in [6.45, 7) is -9.35. The van der Waals surface area contributed by atoms with Crippen LogP contribution in [-0.2, 0) is 15.1 Å². The Morgan fingerprint density at radius 1 is 1.34 bits per heavy atom. The van der Waals surface area contributed by atoms with Gasteiger partial charge in [0.1, 0.15) is 5.60 Å². The van der Waals surface area contributed by atoms with Crippen molar-refractivity contribution < 1.29 is 31.1 Å². The van der Waals surface area contributed by atoms with Gasteiger partial charge >= 0.3 is 0 Å². The van der Waals surface area contributed by atoms with E-state index in [0.717, 1.165) is 17.2 Å². The van der Waals surface area contributed by atoms with Gasteiger partial charge in [-0.25, -0.2) is 9.97 Å². The fourth-order valence-corrected chi connectivity index (χ4v) is 3.52. The zero-order chi connectivity index (χ0) is 31.5. The lowest BCUT2D eigenvalue weighted by molar-refractivity contribution is -0.118. The number of nitrogens with one attached hydrogen (secondary N) is 1. The summed E-state index contributed by atoms with van der Waals surface area (Å²) in [5.74, 6) is -1.43. The summed E-state index contributed by atoms with van der Waals surface area (Å²) in [6.07, 6.45) is 2.79. The number of amides is 1. The Labute approximate surface area is 188 Å². The maximum Gasteiger partial charge on any atom is 0.247 e. The molecule has 2 aliphatic rings. The fraction of sp³-hybridized carbons (Fsp3) is 0.524. The second-order valence-electron chi connectivity index (χ2n) is 6.96. The zero-order valence-electron chi connectivity index (χ0n) is 28.3. The molecule has 0 atom stereocenters. The van der Waals surface area contributed by atoms with Crippen molar-refractivity contribution in [2.75, 3.05) is 23.7 Å². The van der Waals surface area contributed by atoms with Gasteiger partial charge < -0.3 is 15.2 Å². The predicted molar refractivity (Wildman–Crippen MR) is 110 cm³/mol. The first-order valence-electron chi connectivity index (χ1n) is 15.4. The Kier molecular flexibility index (Phi) is 2.51. The van der Waals surface area contributed by atoms with Crippen LogP contribution in [0.2, 0.25) is 1.41 Å². The van der Waals surface area contributed by atoms with Crippen LogP contribution in [0.4, 0.5) is 11.6 Å². The van der Waals surface area contributed by atoms with E-state index in [9.17, 15) is 4.79 Å². The molecule has 0 spiro atoms. The number of nitrogens with zero attached hydrogens (tertiary/aromatic N) is 4. The van der Waals surface area contributed by atoms with Gasteiger partial charge in [0.05, 0.1) is 37.0 Å². The summed E-state index contributed by atoms with van der Waals surface area (Å²) in [5, 5.41) is 4.63. The van der Waals surface area contributed by atoms with Crippen molar-refractivity contribution in [3.05, 3.63) is 30.2 Å². The number of hydrogen-bond acceptors (Lipinski definition) is 7. The molecule has 4 rings (SSSR count). The first kappa shape index (κ1) is 9.49. The number of pyridine rings is 1. The Balaban J connectivity index is 1.72. The number of carbonyl (C=O) groups excluding carboxylic acids is 1. The molecule has 8 nitrogen and oxygen atoms in total. The largest absolute Gasteiger partial charge is 0.384 e. The normalized spacial score (nSPS) is 32.1. The molecule has 0 radical (unpaired) electrons. The summed E-state index contributed by atoms with van der Waals surface area (Å²) in [7, 11) is -2.59. The molecule has 2 aromatic heterocycles. The van der Waals surface area contributed by atoms with Gasteiger partial charge in [-0.3, -0.25) is 14.7 Å². The van der Waals surface area contributed by atoms with Crippen LogP contribution in [0.25, 0.3) is 11.3 Å². The molecule has 1 saturated carbocycles. The predicted octanol–water partition coefficient (Wildman–Crippen LogP) is 2.48. The van der Waals surface area contributed by atoms with Crippen LogP contribution in [0.3, 0.4) is 0 Å². The number of fused-ring (bicyclic) bond motifs is 1. The Morgan fingerprint density at radius 3 is 2.90 bits per heavy atom. The average molecular weight is 411 g/mol. The maximum atomic E-state index is 13.3. The lowest BCUT2D eigenvalue weighted by Gasteiger charge is -2.38. The van der Waals surface area contributed by atoms with Gasteiger partial charge in [0, 0.05) is 33.1 Å². The summed E-state index contributed by atoms with van der Waals surface area (Å²) < 4.78 is 105. The molecule has 3 heterocycles. The lowest BCUT2D eigenvalue weighted by atomic mass is 9.91. The molecule has 1 aliphatic heterocycles. The van der Waals surface area contributed by atoms with E-state index in [2.05, 4.69) is 20.1 Å². The van der Waals surface area contributed by atoms with Crippen molar-refractivity contribution in [2.24, 2.45) is 0 Å². The molecule has 1 aliphatic carbocycles. The monoisotopic (exact) mass is 410 g/mol. The number of carbonyl (C=O) groups is 1. The molecule has 1 fully saturated rings. The highest BCUT2D eigenvalue weighted by Crippen LogP contribution is 2.34. The molecule has 0 aromatic carbocycles. The van der Waals surface area contributed by atoms with Crippen LogP contribution in [0, 0.1) is 0 Å². The van der Waals surface area contributed by atoms with E-state index in [-0.39, 0.29) is 48.6 Å². The third kappa shape index (κ3) is 3.95. The van der Waals surface area contributed by atoms with Gasteiger partial charge in [-0.1, -0.05) is 0 Å². The van der Waals surface area contributed by atoms with Crippen LogP contribution < -0.4 is 10.2 Å². The van der Waals surface area contributed by atoms with E-state index >= 15 is 0 Å². The first-order valence-corrected chi connectivity index (χ1v) is 9.03. The van der Waals surface area contributed by atoms with E-state index < -0.39 is 56.6 Å². The molecule has 0 unspecified atom stereocenters. The molecular formula is C21H27N5O3. The second-order valence-corrected chi connectivity index (χ2v) is 6.96. The Hall–Kier alpha value is -2.58. The Morgan fingerprint density at radius 2 is 2.21 bits per heavy atom. The number of ether oxygens (including phenoxy) is 1. The van der Waals surface area contributed by atoms with Gasteiger partial charge in [0.15, 0.2) is 13.0 Å². The van der Waals surface area contributed by atoms with Gasteiger partial charge in [-0.05, 0) is 51.5 Å². The molecule has 8 heteroatoms. The van der Waals surface area contributed by atoms with E-state index in [4.69, 9.17) is 22.7 Å². The van der Waals surface area contributed by atoms with E-state index in [1.165, 1.54) is 12.3 Å². The first-order chi connectivity index (χ1) is 19.2. The van der Waals surface area contributed by atoms with Gasteiger partial charge in [-0.2, -0.15) is 0 Å². The SMILES string of the molecule is [2H]OC(c1ccc(-c2cnc3c(n2)N(C2CCC(OC([2H])([2H])[2H])CC2)C(=O)C([2H])([2H])N3[2H])cn1)(C([2H])([2H])[2H])C([2H])([2H])[2H]. The van der Waals surface area contributed by atoms with Crippen molar-refractivity contribution in [3.8, 4) is 11.3 Å². The highest BCUT2D eigenvalue weighted by Gasteiger charge is 2.35. The molecule has 0 saturated heterocycles. The van der Waals surface area contributed by atoms with Crippen LogP contribution in [0.1, 0.15) is 60.2 Å². The molecular weight excluding hydrogens is 370 g/mol. The van der Waals surface area contributed by atoms with Crippen molar-refractivity contribution in [3.63, 3.8) is 0 Å². The number of rotatable bonds is 5. The smallest absolute Gasteiger partial charge is 0.247 e. The summed E-state index contributed by atoms with van der Waals surface area (Å²) in [4.78, 5) is 27.0. The van der Waals surface area contributed by atoms with Crippen LogP contribution in [-0.4, -0.2) is 53.1 Å². The average Bonchev–Trinajstić information content (AvgIpc) is 2.87. The highest BCUT2D eigenvalue weighted by atomic mass is 16.5. The summed E-state index contributed by atoms with van der Waals surface area (Å²) in [6, 6.07) is 1.75. The molecule has 1 amide bonds. The van der Waals surface area contributed by atoms with Gasteiger partial charge in [-0.15, -0.1) is 0 Å². The molecule has 2 aromatic rings. The van der Waals surface area contributed by atoms with Crippen LogP contribution >= 0.6 is 0 Å². The van der Waals surface area contributed by atoms with Crippen LogP contribution in [0.15, 0.2) is 24.5 Å². The number of aromatic nitrogens is 3. The van der Waals surface area contributed by atoms with Crippen LogP contribution in [0.5, 0.6) is 0 Å². The minimum absolute atomic E-state index is 0.0843. The quantitative estimate of drug-likeness (QED) is 0.781. The van der Waals surface area contributed by atoms with Gasteiger partial charge in [0.2, 0.25) is 7.34 Å². The highest BCUT2D eigenvalue weighted by molar-refractivity contribution is 6.01. The topological polar surface area (TPSA) is 100 Å². The number of anilines is 2. The van der Waals surface area contributed by atoms with Crippen molar-refractivity contribution >= 4 is 17.5 Å². The minimum atomic E-state index is -3.29. The lowest BCUT2D eigenvalue weighted by Crippen LogP contribution is -2.49. The fourth-order valence-electron chi connectivity index (χ4n) is 3.52. The molecule has 2 N–H and O–H groups in total. The van der Waals surface area contributed by atoms with E-state index in [1.54, 1.807) is 0 Å². The molecule has 154 valence electrons. The summed E-state index contributed by atoms with van der Waals surface area (Å²) in [5.41, 5.74) is -3.30. The number of aliphatic hydroxyl groups is 1. The van der Waals surface area contributed by atoms with E-state index in [1.807, 2.05) is 0 Å². The Bertz CT molecular complexity index is 1290. The standard InChI is InChI=1S/C21H27N5O3/c1-21(2,28)17-9-4-13(10-22-17)16-11-23-19-20(25-16)26(18(27)12-24-19)14-5-7-15(29-3)8-6-14/h4,9-11,14-15,28H,5-8,12H2,1-3H3,(H,23,24)/i1D3,2D3,3D3,12D2,28D/hD.